The van der Waals surface area contributed by atoms with Gasteiger partial charge in [-0.2, -0.15) is 5.10 Å². The molecule has 0 fully saturated rings. The fourth-order valence-corrected chi connectivity index (χ4v) is 2.57. The molecule has 2 heterocycles. The van der Waals surface area contributed by atoms with Gasteiger partial charge in [-0.3, -0.25) is 14.3 Å². The standard InChI is InChI=1S/C17H18N2O5/c1-10-13(11(2)19(3)18-10)7-17(21)22-8-14(20)12-4-5-15-16(6-12)24-9-23-15/h4-6H,7-9H2,1-3H3. The van der Waals surface area contributed by atoms with Crippen LogP contribution in [0.2, 0.25) is 0 Å². The molecule has 0 aliphatic carbocycles. The maximum Gasteiger partial charge on any atom is 0.310 e. The highest BCUT2D eigenvalue weighted by Crippen LogP contribution is 2.32. The number of hydrogen-bond acceptors (Lipinski definition) is 6. The van der Waals surface area contributed by atoms with Gasteiger partial charge in [-0.05, 0) is 32.0 Å². The van der Waals surface area contributed by atoms with Gasteiger partial charge in [0.25, 0.3) is 0 Å². The first kappa shape index (κ1) is 16.0. The maximum absolute atomic E-state index is 12.1. The van der Waals surface area contributed by atoms with Crippen molar-refractivity contribution < 1.29 is 23.8 Å². The third-order valence-electron chi connectivity index (χ3n) is 4.04. The second-order valence-corrected chi connectivity index (χ2v) is 5.60. The number of nitrogens with zero attached hydrogens (tertiary/aromatic N) is 2. The van der Waals surface area contributed by atoms with Crippen molar-refractivity contribution in [3.05, 3.63) is 40.7 Å². The van der Waals surface area contributed by atoms with Crippen LogP contribution in [-0.4, -0.2) is 34.9 Å². The number of aromatic nitrogens is 2. The Balaban J connectivity index is 1.59. The Morgan fingerprint density at radius 2 is 2.00 bits per heavy atom. The molecule has 1 aliphatic heterocycles. The summed E-state index contributed by atoms with van der Waals surface area (Å²) in [4.78, 5) is 24.1. The SMILES string of the molecule is Cc1nn(C)c(C)c1CC(=O)OCC(=O)c1ccc2c(c1)OCO2. The number of Topliss-reactive ketones (excluding diaryl/α,β-unsaturated/α-hetero) is 1. The molecular formula is C17H18N2O5. The van der Waals surface area contributed by atoms with Gasteiger partial charge in [-0.15, -0.1) is 0 Å². The number of hydrogen-bond donors (Lipinski definition) is 0. The summed E-state index contributed by atoms with van der Waals surface area (Å²) in [6.07, 6.45) is 0.0971. The van der Waals surface area contributed by atoms with E-state index in [1.54, 1.807) is 22.9 Å². The zero-order valence-corrected chi connectivity index (χ0v) is 13.8. The Bertz CT molecular complexity index is 810. The van der Waals surface area contributed by atoms with Crippen LogP contribution in [0.25, 0.3) is 0 Å². The van der Waals surface area contributed by atoms with E-state index in [1.807, 2.05) is 20.9 Å². The zero-order chi connectivity index (χ0) is 17.3. The van der Waals surface area contributed by atoms with Crippen molar-refractivity contribution in [2.45, 2.75) is 20.3 Å². The minimum absolute atomic E-state index is 0.0971. The van der Waals surface area contributed by atoms with E-state index >= 15 is 0 Å². The summed E-state index contributed by atoms with van der Waals surface area (Å²) < 4.78 is 17.2. The first-order valence-electron chi connectivity index (χ1n) is 7.53. The Morgan fingerprint density at radius 1 is 1.25 bits per heavy atom. The van der Waals surface area contributed by atoms with E-state index in [9.17, 15) is 9.59 Å². The summed E-state index contributed by atoms with van der Waals surface area (Å²) in [5.74, 6) is 0.379. The number of benzene rings is 1. The van der Waals surface area contributed by atoms with Crippen LogP contribution in [-0.2, 0) is 23.0 Å². The van der Waals surface area contributed by atoms with Gasteiger partial charge in [0, 0.05) is 23.9 Å². The number of esters is 1. The van der Waals surface area contributed by atoms with Crippen molar-refractivity contribution in [3.8, 4) is 11.5 Å². The highest BCUT2D eigenvalue weighted by Gasteiger charge is 2.18. The van der Waals surface area contributed by atoms with Crippen LogP contribution >= 0.6 is 0 Å². The molecule has 0 unspecified atom stereocenters. The summed E-state index contributed by atoms with van der Waals surface area (Å²) in [5, 5.41) is 4.26. The molecule has 0 amide bonds. The average molecular weight is 330 g/mol. The Hall–Kier alpha value is -2.83. The molecule has 7 nitrogen and oxygen atoms in total. The quantitative estimate of drug-likeness (QED) is 0.614. The molecular weight excluding hydrogens is 312 g/mol. The third-order valence-corrected chi connectivity index (χ3v) is 4.04. The van der Waals surface area contributed by atoms with Crippen LogP contribution in [0.15, 0.2) is 18.2 Å². The lowest BCUT2D eigenvalue weighted by Crippen LogP contribution is -2.16. The summed E-state index contributed by atoms with van der Waals surface area (Å²) in [7, 11) is 1.82. The van der Waals surface area contributed by atoms with Gasteiger partial charge in [0.2, 0.25) is 6.79 Å². The predicted octanol–water partition coefficient (Wildman–Crippen LogP) is 1.73. The first-order valence-corrected chi connectivity index (χ1v) is 7.53. The Morgan fingerprint density at radius 3 is 2.71 bits per heavy atom. The summed E-state index contributed by atoms with van der Waals surface area (Å²) in [5.41, 5.74) is 2.94. The molecule has 0 atom stereocenters. The molecule has 1 aromatic carbocycles. The summed E-state index contributed by atoms with van der Waals surface area (Å²) in [6.45, 7) is 3.57. The zero-order valence-electron chi connectivity index (χ0n) is 13.8. The van der Waals surface area contributed by atoms with E-state index in [0.29, 0.717) is 17.1 Å². The van der Waals surface area contributed by atoms with Gasteiger partial charge in [-0.1, -0.05) is 0 Å². The largest absolute Gasteiger partial charge is 0.457 e. The number of carbonyl (C=O) groups excluding carboxylic acids is 2. The fourth-order valence-electron chi connectivity index (χ4n) is 2.57. The highest BCUT2D eigenvalue weighted by molar-refractivity contribution is 5.98. The van der Waals surface area contributed by atoms with E-state index in [0.717, 1.165) is 17.0 Å². The van der Waals surface area contributed by atoms with Gasteiger partial charge in [0.1, 0.15) is 0 Å². The molecule has 0 spiro atoms. The van der Waals surface area contributed by atoms with Crippen LogP contribution in [0.5, 0.6) is 11.5 Å². The summed E-state index contributed by atoms with van der Waals surface area (Å²) in [6, 6.07) is 4.88. The van der Waals surface area contributed by atoms with Crippen molar-refractivity contribution in [2.75, 3.05) is 13.4 Å². The second kappa shape index (κ2) is 6.35. The molecule has 1 aromatic heterocycles. The Kier molecular flexibility index (Phi) is 4.24. The first-order chi connectivity index (χ1) is 11.5. The van der Waals surface area contributed by atoms with Gasteiger partial charge in [0.05, 0.1) is 12.1 Å². The normalized spacial score (nSPS) is 12.3. The number of rotatable bonds is 5. The van der Waals surface area contributed by atoms with Crippen LogP contribution in [0.1, 0.15) is 27.3 Å². The van der Waals surface area contributed by atoms with Crippen molar-refractivity contribution in [2.24, 2.45) is 7.05 Å². The van der Waals surface area contributed by atoms with Gasteiger partial charge in [0.15, 0.2) is 23.9 Å². The molecule has 126 valence electrons. The Labute approximate surface area is 139 Å². The number of fused-ring (bicyclic) bond motifs is 1. The molecule has 3 rings (SSSR count). The van der Waals surface area contributed by atoms with Crippen LogP contribution in [0.3, 0.4) is 0 Å². The van der Waals surface area contributed by atoms with Crippen molar-refractivity contribution in [3.63, 3.8) is 0 Å². The molecule has 0 N–H and O–H groups in total. The number of aryl methyl sites for hydroxylation is 2. The number of ketones is 1. The second-order valence-electron chi connectivity index (χ2n) is 5.60. The molecule has 0 saturated carbocycles. The van der Waals surface area contributed by atoms with Gasteiger partial charge >= 0.3 is 5.97 Å². The molecule has 7 heteroatoms. The molecule has 0 bridgehead atoms. The lowest BCUT2D eigenvalue weighted by atomic mass is 10.1. The minimum Gasteiger partial charge on any atom is -0.457 e. The van der Waals surface area contributed by atoms with Crippen LogP contribution < -0.4 is 9.47 Å². The number of ether oxygens (including phenoxy) is 3. The fraction of sp³-hybridized carbons (Fsp3) is 0.353. The topological polar surface area (TPSA) is 79.7 Å². The van der Waals surface area contributed by atoms with E-state index < -0.39 is 5.97 Å². The molecule has 1 aliphatic rings. The third kappa shape index (κ3) is 3.10. The summed E-state index contributed by atoms with van der Waals surface area (Å²) >= 11 is 0. The van der Waals surface area contributed by atoms with Crippen molar-refractivity contribution >= 4 is 11.8 Å². The lowest BCUT2D eigenvalue weighted by molar-refractivity contribution is -0.141. The monoisotopic (exact) mass is 330 g/mol. The molecule has 24 heavy (non-hydrogen) atoms. The van der Waals surface area contributed by atoms with E-state index in [-0.39, 0.29) is 25.6 Å². The van der Waals surface area contributed by atoms with Gasteiger partial charge in [-0.25, -0.2) is 0 Å². The van der Waals surface area contributed by atoms with E-state index in [2.05, 4.69) is 5.10 Å². The smallest absolute Gasteiger partial charge is 0.310 e. The predicted molar refractivity (Wildman–Crippen MR) is 84.2 cm³/mol. The average Bonchev–Trinajstić information content (AvgIpc) is 3.12. The van der Waals surface area contributed by atoms with Crippen LogP contribution in [0.4, 0.5) is 0 Å². The minimum atomic E-state index is -0.455. The molecule has 0 saturated heterocycles. The number of carbonyl (C=O) groups is 2. The maximum atomic E-state index is 12.1. The van der Waals surface area contributed by atoms with Crippen LogP contribution in [0, 0.1) is 13.8 Å². The lowest BCUT2D eigenvalue weighted by Gasteiger charge is -2.06. The molecule has 2 aromatic rings. The molecule has 0 radical (unpaired) electrons. The van der Waals surface area contributed by atoms with E-state index in [4.69, 9.17) is 14.2 Å². The van der Waals surface area contributed by atoms with Crippen molar-refractivity contribution in [1.82, 2.24) is 9.78 Å². The van der Waals surface area contributed by atoms with Crippen molar-refractivity contribution in [1.29, 1.82) is 0 Å². The van der Waals surface area contributed by atoms with Gasteiger partial charge < -0.3 is 14.2 Å². The van der Waals surface area contributed by atoms with E-state index in [1.165, 1.54) is 0 Å². The highest BCUT2D eigenvalue weighted by atomic mass is 16.7.